The van der Waals surface area contributed by atoms with Crippen LogP contribution in [0.4, 0.5) is 4.79 Å². The van der Waals surface area contributed by atoms with Crippen molar-refractivity contribution in [2.45, 2.75) is 26.0 Å². The van der Waals surface area contributed by atoms with Crippen LogP contribution >= 0.6 is 11.6 Å². The summed E-state index contributed by atoms with van der Waals surface area (Å²) in [4.78, 5) is 25.1. The molecule has 1 unspecified atom stereocenters. The van der Waals surface area contributed by atoms with Crippen molar-refractivity contribution in [2.24, 2.45) is 0 Å². The summed E-state index contributed by atoms with van der Waals surface area (Å²) in [6, 6.07) is 23.3. The van der Waals surface area contributed by atoms with Gasteiger partial charge in [0, 0.05) is 17.0 Å². The molecule has 0 saturated carbocycles. The van der Waals surface area contributed by atoms with Crippen molar-refractivity contribution in [3.05, 3.63) is 106 Å². The SMILES string of the molecule is Cc1ccc(C(=O)CC(NC(=O)OCc2ccccc2)c2ccc(Cl)cc2)cc1. The lowest BCUT2D eigenvalue weighted by molar-refractivity contribution is 0.0963. The third-order valence-corrected chi connectivity index (χ3v) is 4.79. The van der Waals surface area contributed by atoms with Crippen molar-refractivity contribution in [3.63, 3.8) is 0 Å². The molecular weight excluding hydrogens is 386 g/mol. The molecule has 0 heterocycles. The van der Waals surface area contributed by atoms with Gasteiger partial charge in [-0.2, -0.15) is 0 Å². The van der Waals surface area contributed by atoms with Crippen LogP contribution in [0.2, 0.25) is 5.02 Å². The van der Waals surface area contributed by atoms with Gasteiger partial charge in [-0.15, -0.1) is 0 Å². The van der Waals surface area contributed by atoms with Crippen LogP contribution in [0.5, 0.6) is 0 Å². The Morgan fingerprint density at radius 2 is 1.59 bits per heavy atom. The third kappa shape index (κ3) is 6.19. The largest absolute Gasteiger partial charge is 0.445 e. The molecular formula is C24H22ClNO3. The zero-order chi connectivity index (χ0) is 20.6. The minimum absolute atomic E-state index is 0.0618. The van der Waals surface area contributed by atoms with Crippen molar-refractivity contribution in [1.82, 2.24) is 5.32 Å². The van der Waals surface area contributed by atoms with E-state index in [1.807, 2.05) is 49.4 Å². The Balaban J connectivity index is 1.70. The first-order valence-corrected chi connectivity index (χ1v) is 9.71. The van der Waals surface area contributed by atoms with Crippen molar-refractivity contribution >= 4 is 23.5 Å². The number of aryl methyl sites for hydroxylation is 1. The van der Waals surface area contributed by atoms with Gasteiger partial charge in [-0.05, 0) is 30.2 Å². The number of rotatable bonds is 7. The number of hydrogen-bond donors (Lipinski definition) is 1. The molecule has 29 heavy (non-hydrogen) atoms. The molecule has 148 valence electrons. The lowest BCUT2D eigenvalue weighted by Gasteiger charge is -2.19. The molecule has 1 N–H and O–H groups in total. The normalized spacial score (nSPS) is 11.5. The summed E-state index contributed by atoms with van der Waals surface area (Å²) in [5.41, 5.74) is 3.36. The lowest BCUT2D eigenvalue weighted by Crippen LogP contribution is -2.30. The lowest BCUT2D eigenvalue weighted by atomic mass is 9.97. The minimum Gasteiger partial charge on any atom is -0.445 e. The number of carbonyl (C=O) groups excluding carboxylic acids is 2. The maximum Gasteiger partial charge on any atom is 0.407 e. The third-order valence-electron chi connectivity index (χ3n) is 4.54. The van der Waals surface area contributed by atoms with Crippen LogP contribution in [0.15, 0.2) is 78.9 Å². The molecule has 3 rings (SSSR count). The summed E-state index contributed by atoms with van der Waals surface area (Å²) in [6.45, 7) is 2.13. The molecule has 1 atom stereocenters. The highest BCUT2D eigenvalue weighted by Gasteiger charge is 2.20. The van der Waals surface area contributed by atoms with E-state index in [1.165, 1.54) is 0 Å². The second-order valence-corrected chi connectivity index (χ2v) is 7.24. The quantitative estimate of drug-likeness (QED) is 0.497. The second-order valence-electron chi connectivity index (χ2n) is 6.80. The van der Waals surface area contributed by atoms with E-state index in [9.17, 15) is 9.59 Å². The molecule has 0 saturated heterocycles. The standard InChI is InChI=1S/C24H22ClNO3/c1-17-7-9-20(10-8-17)23(27)15-22(19-11-13-21(25)14-12-19)26-24(28)29-16-18-5-3-2-4-6-18/h2-14,22H,15-16H2,1H3,(H,26,28). The summed E-state index contributed by atoms with van der Waals surface area (Å²) in [5.74, 6) is -0.0618. The maximum atomic E-state index is 12.7. The Labute approximate surface area is 175 Å². The molecule has 0 radical (unpaired) electrons. The molecule has 0 aliphatic rings. The van der Waals surface area contributed by atoms with Crippen molar-refractivity contribution in [1.29, 1.82) is 0 Å². The van der Waals surface area contributed by atoms with E-state index in [1.54, 1.807) is 36.4 Å². The number of halogens is 1. The predicted molar refractivity (Wildman–Crippen MR) is 114 cm³/mol. The van der Waals surface area contributed by atoms with Gasteiger partial charge in [0.05, 0.1) is 6.04 Å². The summed E-state index contributed by atoms with van der Waals surface area (Å²) in [6.07, 6.45) is -0.462. The van der Waals surface area contributed by atoms with E-state index in [-0.39, 0.29) is 18.8 Å². The minimum atomic E-state index is -0.578. The van der Waals surface area contributed by atoms with Gasteiger partial charge in [0.2, 0.25) is 0 Å². The number of Topliss-reactive ketones (excluding diaryl/α,β-unsaturated/α-hetero) is 1. The van der Waals surface area contributed by atoms with Crippen LogP contribution in [0.3, 0.4) is 0 Å². The summed E-state index contributed by atoms with van der Waals surface area (Å²) in [5, 5.41) is 3.40. The average molecular weight is 408 g/mol. The first kappa shape index (κ1) is 20.6. The highest BCUT2D eigenvalue weighted by molar-refractivity contribution is 6.30. The van der Waals surface area contributed by atoms with Gasteiger partial charge in [-0.1, -0.05) is 83.9 Å². The monoisotopic (exact) mass is 407 g/mol. The molecule has 0 spiro atoms. The molecule has 0 aliphatic carbocycles. The van der Waals surface area contributed by atoms with Gasteiger partial charge in [-0.3, -0.25) is 4.79 Å². The zero-order valence-electron chi connectivity index (χ0n) is 16.1. The number of benzene rings is 3. The zero-order valence-corrected chi connectivity index (χ0v) is 16.9. The van der Waals surface area contributed by atoms with Crippen LogP contribution in [-0.4, -0.2) is 11.9 Å². The Morgan fingerprint density at radius 1 is 0.931 bits per heavy atom. The van der Waals surface area contributed by atoms with E-state index in [0.29, 0.717) is 10.6 Å². The smallest absolute Gasteiger partial charge is 0.407 e. The Morgan fingerprint density at radius 3 is 2.24 bits per heavy atom. The maximum absolute atomic E-state index is 12.7. The van der Waals surface area contributed by atoms with Crippen LogP contribution in [0.1, 0.15) is 39.5 Å². The topological polar surface area (TPSA) is 55.4 Å². The number of ketones is 1. The molecule has 3 aromatic rings. The van der Waals surface area contributed by atoms with Crippen molar-refractivity contribution in [2.75, 3.05) is 0 Å². The molecule has 0 aliphatic heterocycles. The van der Waals surface area contributed by atoms with Crippen LogP contribution in [0.25, 0.3) is 0 Å². The molecule has 4 nitrogen and oxygen atoms in total. The fraction of sp³-hybridized carbons (Fsp3) is 0.167. The number of hydrogen-bond acceptors (Lipinski definition) is 3. The van der Waals surface area contributed by atoms with E-state index in [4.69, 9.17) is 16.3 Å². The van der Waals surface area contributed by atoms with Gasteiger partial charge in [0.1, 0.15) is 6.61 Å². The fourth-order valence-electron chi connectivity index (χ4n) is 2.90. The number of nitrogens with one attached hydrogen (secondary N) is 1. The van der Waals surface area contributed by atoms with E-state index in [2.05, 4.69) is 5.32 Å². The Bertz CT molecular complexity index is 954. The Hall–Kier alpha value is -3.11. The van der Waals surface area contributed by atoms with E-state index in [0.717, 1.165) is 16.7 Å². The van der Waals surface area contributed by atoms with Crippen molar-refractivity contribution < 1.29 is 14.3 Å². The second kappa shape index (κ2) is 9.89. The summed E-state index contributed by atoms with van der Waals surface area (Å²) < 4.78 is 5.32. The molecule has 0 fully saturated rings. The van der Waals surface area contributed by atoms with Crippen LogP contribution in [0, 0.1) is 6.92 Å². The van der Waals surface area contributed by atoms with Crippen LogP contribution < -0.4 is 5.32 Å². The van der Waals surface area contributed by atoms with Gasteiger partial charge >= 0.3 is 6.09 Å². The van der Waals surface area contributed by atoms with Crippen molar-refractivity contribution in [3.8, 4) is 0 Å². The van der Waals surface area contributed by atoms with Gasteiger partial charge in [0.15, 0.2) is 5.78 Å². The molecule has 0 aromatic heterocycles. The molecule has 1 amide bonds. The predicted octanol–water partition coefficient (Wildman–Crippen LogP) is 5.89. The first-order chi connectivity index (χ1) is 14.0. The average Bonchev–Trinajstić information content (AvgIpc) is 2.73. The fourth-order valence-corrected chi connectivity index (χ4v) is 3.02. The molecule has 0 bridgehead atoms. The number of amides is 1. The Kier molecular flexibility index (Phi) is 7.04. The van der Waals surface area contributed by atoms with Gasteiger partial charge in [0.25, 0.3) is 0 Å². The van der Waals surface area contributed by atoms with E-state index >= 15 is 0 Å². The summed E-state index contributed by atoms with van der Waals surface area (Å²) in [7, 11) is 0. The number of carbonyl (C=O) groups is 2. The van der Waals surface area contributed by atoms with Gasteiger partial charge in [-0.25, -0.2) is 4.79 Å². The first-order valence-electron chi connectivity index (χ1n) is 9.34. The molecule has 5 heteroatoms. The van der Waals surface area contributed by atoms with Crippen LogP contribution in [-0.2, 0) is 11.3 Å². The number of ether oxygens (including phenoxy) is 1. The van der Waals surface area contributed by atoms with Gasteiger partial charge < -0.3 is 10.1 Å². The highest BCUT2D eigenvalue weighted by atomic mass is 35.5. The van der Waals surface area contributed by atoms with E-state index < -0.39 is 12.1 Å². The summed E-state index contributed by atoms with van der Waals surface area (Å²) >= 11 is 5.98. The molecule has 3 aromatic carbocycles. The number of alkyl carbamates (subject to hydrolysis) is 1. The highest BCUT2D eigenvalue weighted by Crippen LogP contribution is 2.22.